The Morgan fingerprint density at radius 3 is 2.06 bits per heavy atom. The summed E-state index contributed by atoms with van der Waals surface area (Å²) in [5.41, 5.74) is -0.0674. The van der Waals surface area contributed by atoms with Gasteiger partial charge in [-0.25, -0.2) is 4.79 Å². The van der Waals surface area contributed by atoms with Gasteiger partial charge < -0.3 is 15.4 Å². The normalized spacial score (nSPS) is 18.4. The molecular weight excluding hydrogens is 232 g/mol. The molecule has 0 aliphatic heterocycles. The minimum Gasteiger partial charge on any atom is -0.453 e. The lowest BCUT2D eigenvalue weighted by Gasteiger charge is -2.27. The monoisotopic (exact) mass is 256 g/mol. The Morgan fingerprint density at radius 1 is 1.17 bits per heavy atom. The third kappa shape index (κ3) is 3.37. The summed E-state index contributed by atoms with van der Waals surface area (Å²) in [4.78, 5) is 23.4. The van der Waals surface area contributed by atoms with E-state index in [1.165, 1.54) is 7.11 Å². The van der Waals surface area contributed by atoms with Crippen LogP contribution in [0, 0.1) is 11.8 Å². The topological polar surface area (TPSA) is 67.4 Å². The van der Waals surface area contributed by atoms with Crippen LogP contribution in [0.15, 0.2) is 0 Å². The predicted molar refractivity (Wildman–Crippen MR) is 69.1 cm³/mol. The average Bonchev–Trinajstić information content (AvgIpc) is 3.05. The summed E-state index contributed by atoms with van der Waals surface area (Å²) < 4.78 is 4.54. The molecule has 1 aliphatic carbocycles. The molecule has 1 saturated carbocycles. The molecule has 1 atom stereocenters. The van der Waals surface area contributed by atoms with Gasteiger partial charge in [0.1, 0.15) is 6.04 Å². The molecule has 5 nitrogen and oxygen atoms in total. The summed E-state index contributed by atoms with van der Waals surface area (Å²) in [5, 5.41) is 5.65. The molecular formula is C13H24N2O3. The summed E-state index contributed by atoms with van der Waals surface area (Å²) in [6, 6.07) is -0.548. The van der Waals surface area contributed by atoms with Crippen LogP contribution in [-0.4, -0.2) is 30.7 Å². The van der Waals surface area contributed by atoms with Crippen molar-refractivity contribution in [2.45, 2.75) is 52.1 Å². The molecule has 2 N–H and O–H groups in total. The molecule has 0 aromatic heterocycles. The molecule has 0 aromatic carbocycles. The van der Waals surface area contributed by atoms with E-state index in [-0.39, 0.29) is 17.4 Å². The maximum Gasteiger partial charge on any atom is 0.407 e. The minimum atomic E-state index is -0.571. The first-order valence-corrected chi connectivity index (χ1v) is 6.49. The minimum absolute atomic E-state index is 0.0204. The molecule has 0 heterocycles. The smallest absolute Gasteiger partial charge is 0.407 e. The first kappa shape index (κ1) is 14.8. The molecule has 104 valence electrons. The van der Waals surface area contributed by atoms with E-state index in [2.05, 4.69) is 29.2 Å². The lowest BCUT2D eigenvalue weighted by molar-refractivity contribution is -0.125. The zero-order valence-electron chi connectivity index (χ0n) is 11.9. The van der Waals surface area contributed by atoms with Crippen molar-refractivity contribution in [2.24, 2.45) is 11.8 Å². The van der Waals surface area contributed by atoms with E-state index in [1.54, 1.807) is 0 Å². The van der Waals surface area contributed by atoms with E-state index in [9.17, 15) is 9.59 Å². The van der Waals surface area contributed by atoms with Crippen molar-refractivity contribution < 1.29 is 14.3 Å². The van der Waals surface area contributed by atoms with Gasteiger partial charge in [-0.1, -0.05) is 27.7 Å². The fourth-order valence-corrected chi connectivity index (χ4v) is 2.03. The molecule has 0 bridgehead atoms. The SMILES string of the molecule is COC(=O)NC(C(=O)NC1(C(C)C)CC1)C(C)C. The van der Waals surface area contributed by atoms with E-state index in [0.29, 0.717) is 5.92 Å². The number of hydrogen-bond donors (Lipinski definition) is 2. The Hall–Kier alpha value is -1.26. The second kappa shape index (κ2) is 5.59. The van der Waals surface area contributed by atoms with Crippen LogP contribution in [-0.2, 0) is 9.53 Å². The van der Waals surface area contributed by atoms with Crippen LogP contribution in [0.2, 0.25) is 0 Å². The molecule has 18 heavy (non-hydrogen) atoms. The Kier molecular flexibility index (Phi) is 4.59. The van der Waals surface area contributed by atoms with Crippen molar-refractivity contribution >= 4 is 12.0 Å². The van der Waals surface area contributed by atoms with Gasteiger partial charge in [-0.05, 0) is 24.7 Å². The van der Waals surface area contributed by atoms with Crippen LogP contribution in [0.4, 0.5) is 4.79 Å². The summed E-state index contributed by atoms with van der Waals surface area (Å²) in [5.74, 6) is 0.307. The van der Waals surface area contributed by atoms with Crippen molar-refractivity contribution in [3.63, 3.8) is 0 Å². The number of ether oxygens (including phenoxy) is 1. The van der Waals surface area contributed by atoms with Gasteiger partial charge in [0, 0.05) is 5.54 Å². The lowest BCUT2D eigenvalue weighted by Crippen LogP contribution is -2.54. The fourth-order valence-electron chi connectivity index (χ4n) is 2.03. The number of methoxy groups -OCH3 is 1. The summed E-state index contributed by atoms with van der Waals surface area (Å²) >= 11 is 0. The van der Waals surface area contributed by atoms with Gasteiger partial charge in [-0.3, -0.25) is 4.79 Å². The Bertz CT molecular complexity index is 322. The van der Waals surface area contributed by atoms with Crippen LogP contribution in [0.25, 0.3) is 0 Å². The van der Waals surface area contributed by atoms with Gasteiger partial charge in [0.05, 0.1) is 7.11 Å². The number of rotatable bonds is 5. The van der Waals surface area contributed by atoms with Gasteiger partial charge >= 0.3 is 6.09 Å². The zero-order valence-corrected chi connectivity index (χ0v) is 11.9. The van der Waals surface area contributed by atoms with Crippen LogP contribution >= 0.6 is 0 Å². The highest BCUT2D eigenvalue weighted by atomic mass is 16.5. The van der Waals surface area contributed by atoms with Gasteiger partial charge in [-0.15, -0.1) is 0 Å². The van der Waals surface area contributed by atoms with E-state index in [1.807, 2.05) is 13.8 Å². The number of alkyl carbamates (subject to hydrolysis) is 1. The maximum absolute atomic E-state index is 12.2. The molecule has 2 amide bonds. The number of carbonyl (C=O) groups excluding carboxylic acids is 2. The second-order valence-corrected chi connectivity index (χ2v) is 5.66. The van der Waals surface area contributed by atoms with Gasteiger partial charge in [0.25, 0.3) is 0 Å². The van der Waals surface area contributed by atoms with Crippen molar-refractivity contribution in [2.75, 3.05) is 7.11 Å². The average molecular weight is 256 g/mol. The Morgan fingerprint density at radius 2 is 1.72 bits per heavy atom. The number of amides is 2. The molecule has 0 radical (unpaired) electrons. The summed E-state index contributed by atoms with van der Waals surface area (Å²) in [6.07, 6.45) is 1.46. The maximum atomic E-state index is 12.2. The standard InChI is InChI=1S/C13H24N2O3/c1-8(2)10(14-12(17)18-5)11(16)15-13(6-7-13)9(3)4/h8-10H,6-7H2,1-5H3,(H,14,17)(H,15,16). The summed E-state index contributed by atoms with van der Waals surface area (Å²) in [6.45, 7) is 8.00. The van der Waals surface area contributed by atoms with Gasteiger partial charge in [0.15, 0.2) is 0 Å². The lowest BCUT2D eigenvalue weighted by atomic mass is 9.99. The van der Waals surface area contributed by atoms with E-state index < -0.39 is 12.1 Å². The van der Waals surface area contributed by atoms with Crippen molar-refractivity contribution in [3.8, 4) is 0 Å². The molecule has 1 fully saturated rings. The van der Waals surface area contributed by atoms with E-state index in [0.717, 1.165) is 12.8 Å². The highest BCUT2D eigenvalue weighted by Crippen LogP contribution is 2.42. The highest BCUT2D eigenvalue weighted by Gasteiger charge is 2.47. The number of carbonyl (C=O) groups is 2. The highest BCUT2D eigenvalue weighted by molar-refractivity contribution is 5.86. The third-order valence-electron chi connectivity index (χ3n) is 3.67. The van der Waals surface area contributed by atoms with Crippen LogP contribution in [0.3, 0.4) is 0 Å². The number of nitrogens with one attached hydrogen (secondary N) is 2. The van der Waals surface area contributed by atoms with Crippen molar-refractivity contribution in [3.05, 3.63) is 0 Å². The zero-order chi connectivity index (χ0) is 13.9. The molecule has 1 aliphatic rings. The molecule has 0 saturated heterocycles. The van der Waals surface area contributed by atoms with E-state index >= 15 is 0 Å². The van der Waals surface area contributed by atoms with Crippen molar-refractivity contribution in [1.82, 2.24) is 10.6 Å². The third-order valence-corrected chi connectivity index (χ3v) is 3.67. The number of hydrogen-bond acceptors (Lipinski definition) is 3. The Balaban J connectivity index is 2.63. The van der Waals surface area contributed by atoms with Crippen molar-refractivity contribution in [1.29, 1.82) is 0 Å². The Labute approximate surface area is 109 Å². The molecule has 5 heteroatoms. The summed E-state index contributed by atoms with van der Waals surface area (Å²) in [7, 11) is 1.29. The van der Waals surface area contributed by atoms with Crippen LogP contribution < -0.4 is 10.6 Å². The first-order valence-electron chi connectivity index (χ1n) is 6.49. The molecule has 0 aromatic rings. The molecule has 1 rings (SSSR count). The van der Waals surface area contributed by atoms with E-state index in [4.69, 9.17) is 0 Å². The van der Waals surface area contributed by atoms with Crippen LogP contribution in [0.1, 0.15) is 40.5 Å². The molecule has 1 unspecified atom stereocenters. The largest absolute Gasteiger partial charge is 0.453 e. The molecule has 0 spiro atoms. The second-order valence-electron chi connectivity index (χ2n) is 5.66. The quantitative estimate of drug-likeness (QED) is 0.786. The fraction of sp³-hybridized carbons (Fsp3) is 0.846. The van der Waals surface area contributed by atoms with Gasteiger partial charge in [0.2, 0.25) is 5.91 Å². The first-order chi connectivity index (χ1) is 8.32. The van der Waals surface area contributed by atoms with Crippen LogP contribution in [0.5, 0.6) is 0 Å². The van der Waals surface area contributed by atoms with Gasteiger partial charge in [-0.2, -0.15) is 0 Å². The predicted octanol–water partition coefficient (Wildman–Crippen LogP) is 1.67.